The van der Waals surface area contributed by atoms with Crippen molar-refractivity contribution in [1.29, 1.82) is 0 Å². The molecular weight excluding hydrogens is 444 g/mol. The van der Waals surface area contributed by atoms with Crippen LogP contribution >= 0.6 is 27.3 Å². The van der Waals surface area contributed by atoms with Gasteiger partial charge in [-0.2, -0.15) is 0 Å². The zero-order valence-corrected chi connectivity index (χ0v) is 17.4. The van der Waals surface area contributed by atoms with Crippen molar-refractivity contribution in [1.82, 2.24) is 4.98 Å². The second kappa shape index (κ2) is 8.20. The van der Waals surface area contributed by atoms with Crippen LogP contribution in [0.5, 0.6) is 17.2 Å². The van der Waals surface area contributed by atoms with Crippen molar-refractivity contribution in [2.75, 3.05) is 18.5 Å². The summed E-state index contributed by atoms with van der Waals surface area (Å²) in [6.45, 7) is 3.32. The van der Waals surface area contributed by atoms with Crippen LogP contribution in [0, 0.1) is 6.92 Å². The van der Waals surface area contributed by atoms with E-state index >= 15 is 0 Å². The number of halogens is 1. The van der Waals surface area contributed by atoms with Gasteiger partial charge in [-0.15, -0.1) is 11.3 Å². The number of fused-ring (bicyclic) bond motifs is 1. The Morgan fingerprint density at radius 1 is 1.25 bits per heavy atom. The normalized spacial score (nSPS) is 12.5. The number of aromatic nitrogens is 1. The average molecular weight is 461 g/mol. The summed E-state index contributed by atoms with van der Waals surface area (Å²) >= 11 is 5.04. The molecule has 8 heteroatoms. The lowest BCUT2D eigenvalue weighted by Crippen LogP contribution is -2.17. The number of hydrogen-bond acceptors (Lipinski definition) is 6. The number of amides is 1. The number of benzene rings is 2. The number of aryl methyl sites for hydroxylation is 1. The van der Waals surface area contributed by atoms with Crippen molar-refractivity contribution in [2.45, 2.75) is 13.5 Å². The molecule has 0 saturated carbocycles. The van der Waals surface area contributed by atoms with E-state index < -0.39 is 0 Å². The number of nitrogens with zero attached hydrogens (tertiary/aromatic N) is 1. The maximum absolute atomic E-state index is 12.7. The predicted octanol–water partition coefficient (Wildman–Crippen LogP) is 4.82. The van der Waals surface area contributed by atoms with Crippen LogP contribution < -0.4 is 19.5 Å². The number of nitrogens with one attached hydrogen (secondary N) is 1. The smallest absolute Gasteiger partial charge is 0.255 e. The van der Waals surface area contributed by atoms with Gasteiger partial charge in [0.1, 0.15) is 25.6 Å². The minimum Gasteiger partial charge on any atom is -0.487 e. The lowest BCUT2D eigenvalue weighted by atomic mass is 10.2. The number of ether oxygens (including phenoxy) is 3. The van der Waals surface area contributed by atoms with Gasteiger partial charge in [-0.25, -0.2) is 4.98 Å². The van der Waals surface area contributed by atoms with Gasteiger partial charge >= 0.3 is 0 Å². The summed E-state index contributed by atoms with van der Waals surface area (Å²) in [5.74, 6) is 1.64. The van der Waals surface area contributed by atoms with E-state index in [1.807, 2.05) is 18.4 Å². The monoisotopic (exact) mass is 460 g/mol. The summed E-state index contributed by atoms with van der Waals surface area (Å²) in [6, 6.07) is 10.6. The zero-order chi connectivity index (χ0) is 19.5. The zero-order valence-electron chi connectivity index (χ0n) is 15.0. The molecule has 28 heavy (non-hydrogen) atoms. The van der Waals surface area contributed by atoms with Crippen molar-refractivity contribution in [3.05, 3.63) is 62.5 Å². The molecule has 6 nitrogen and oxygen atoms in total. The van der Waals surface area contributed by atoms with Gasteiger partial charge in [0.2, 0.25) is 0 Å². The van der Waals surface area contributed by atoms with Gasteiger partial charge in [-0.3, -0.25) is 4.79 Å². The van der Waals surface area contributed by atoms with Crippen molar-refractivity contribution in [2.24, 2.45) is 0 Å². The van der Waals surface area contributed by atoms with Crippen LogP contribution in [0.1, 0.15) is 21.1 Å². The highest BCUT2D eigenvalue weighted by Gasteiger charge is 2.17. The summed E-state index contributed by atoms with van der Waals surface area (Å²) in [4.78, 5) is 17.1. The molecule has 1 N–H and O–H groups in total. The Labute approximate surface area is 174 Å². The van der Waals surface area contributed by atoms with Crippen LogP contribution in [0.15, 0.2) is 46.3 Å². The third-order valence-electron chi connectivity index (χ3n) is 4.03. The molecule has 1 aromatic heterocycles. The van der Waals surface area contributed by atoms with Gasteiger partial charge in [0, 0.05) is 27.5 Å². The Balaban J connectivity index is 1.46. The van der Waals surface area contributed by atoms with Gasteiger partial charge in [0.25, 0.3) is 5.91 Å². The molecule has 144 valence electrons. The maximum atomic E-state index is 12.7. The van der Waals surface area contributed by atoms with Gasteiger partial charge in [0.15, 0.2) is 11.5 Å². The second-order valence-corrected chi connectivity index (χ2v) is 8.02. The molecule has 0 spiro atoms. The van der Waals surface area contributed by atoms with E-state index in [0.29, 0.717) is 48.3 Å². The van der Waals surface area contributed by atoms with Gasteiger partial charge in [-0.05, 0) is 41.1 Å². The molecule has 1 aliphatic rings. The third-order valence-corrected chi connectivity index (χ3v) is 5.51. The molecule has 1 amide bonds. The van der Waals surface area contributed by atoms with Crippen LogP contribution in [0.2, 0.25) is 0 Å². The molecule has 0 fully saturated rings. The fourth-order valence-electron chi connectivity index (χ4n) is 2.71. The Morgan fingerprint density at radius 3 is 2.79 bits per heavy atom. The van der Waals surface area contributed by atoms with E-state index in [1.165, 1.54) is 0 Å². The van der Waals surface area contributed by atoms with Crippen LogP contribution in [0.3, 0.4) is 0 Å². The number of carbonyl (C=O) groups excluding carboxylic acids is 1. The van der Waals surface area contributed by atoms with E-state index in [-0.39, 0.29) is 5.91 Å². The average Bonchev–Trinajstić information content (AvgIpc) is 3.12. The fraction of sp³-hybridized carbons (Fsp3) is 0.200. The minimum absolute atomic E-state index is 0.243. The summed E-state index contributed by atoms with van der Waals surface area (Å²) in [6.07, 6.45) is 0. The van der Waals surface area contributed by atoms with E-state index in [4.69, 9.17) is 14.2 Å². The van der Waals surface area contributed by atoms with E-state index in [2.05, 4.69) is 26.2 Å². The van der Waals surface area contributed by atoms with Crippen molar-refractivity contribution in [3.8, 4) is 17.2 Å². The molecule has 2 aromatic carbocycles. The second-order valence-electron chi connectivity index (χ2n) is 6.10. The number of hydrogen-bond donors (Lipinski definition) is 1. The molecule has 0 bridgehead atoms. The molecular formula is C20H17BrN2O4S. The third kappa shape index (κ3) is 4.28. The van der Waals surface area contributed by atoms with Gasteiger partial charge in [0.05, 0.1) is 16.4 Å². The number of thiazole rings is 1. The quantitative estimate of drug-likeness (QED) is 0.590. The molecule has 0 atom stereocenters. The van der Waals surface area contributed by atoms with Gasteiger partial charge < -0.3 is 19.5 Å². The molecule has 3 aromatic rings. The standard InChI is InChI=1S/C20H17BrN2O4S/c1-12-22-14(11-28-12)10-27-15-4-2-3-13(7-15)20(24)23-17-9-19-18(8-16(17)21)25-5-6-26-19/h2-4,7-9,11H,5-6,10H2,1H3,(H,23,24). The topological polar surface area (TPSA) is 69.7 Å². The first kappa shape index (κ1) is 18.8. The van der Waals surface area contributed by atoms with E-state index in [1.54, 1.807) is 41.7 Å². The van der Waals surface area contributed by atoms with Crippen LogP contribution in [0.4, 0.5) is 5.69 Å². The summed E-state index contributed by atoms with van der Waals surface area (Å²) < 4.78 is 17.6. The van der Waals surface area contributed by atoms with Gasteiger partial charge in [-0.1, -0.05) is 6.07 Å². The van der Waals surface area contributed by atoms with Crippen LogP contribution in [-0.2, 0) is 6.61 Å². The SMILES string of the molecule is Cc1nc(COc2cccc(C(=O)Nc3cc4c(cc3Br)OCCO4)c2)cs1. The fourth-order valence-corrected chi connectivity index (χ4v) is 3.73. The highest BCUT2D eigenvalue weighted by Crippen LogP contribution is 2.38. The molecule has 4 rings (SSSR count). The van der Waals surface area contributed by atoms with E-state index in [0.717, 1.165) is 15.2 Å². The molecule has 0 aliphatic carbocycles. The Morgan fingerprint density at radius 2 is 2.04 bits per heavy atom. The highest BCUT2D eigenvalue weighted by atomic mass is 79.9. The lowest BCUT2D eigenvalue weighted by Gasteiger charge is -2.20. The maximum Gasteiger partial charge on any atom is 0.255 e. The first-order valence-electron chi connectivity index (χ1n) is 8.63. The number of rotatable bonds is 5. The van der Waals surface area contributed by atoms with E-state index in [9.17, 15) is 4.79 Å². The lowest BCUT2D eigenvalue weighted by molar-refractivity contribution is 0.102. The first-order chi connectivity index (χ1) is 13.6. The summed E-state index contributed by atoms with van der Waals surface area (Å²) in [5, 5.41) is 5.85. The molecule has 0 unspecified atom stereocenters. The molecule has 0 saturated heterocycles. The summed E-state index contributed by atoms with van der Waals surface area (Å²) in [5.41, 5.74) is 1.98. The largest absolute Gasteiger partial charge is 0.487 e. The van der Waals surface area contributed by atoms with Crippen LogP contribution in [-0.4, -0.2) is 24.1 Å². The predicted molar refractivity (Wildman–Crippen MR) is 111 cm³/mol. The minimum atomic E-state index is -0.243. The highest BCUT2D eigenvalue weighted by molar-refractivity contribution is 9.10. The Hall–Kier alpha value is -2.58. The Kier molecular flexibility index (Phi) is 5.50. The molecule has 1 aliphatic heterocycles. The van der Waals surface area contributed by atoms with Crippen molar-refractivity contribution < 1.29 is 19.0 Å². The molecule has 2 heterocycles. The molecule has 0 radical (unpaired) electrons. The van der Waals surface area contributed by atoms with Crippen LogP contribution in [0.25, 0.3) is 0 Å². The number of carbonyl (C=O) groups is 1. The van der Waals surface area contributed by atoms with Crippen molar-refractivity contribution >= 4 is 38.9 Å². The summed E-state index contributed by atoms with van der Waals surface area (Å²) in [7, 11) is 0. The van der Waals surface area contributed by atoms with Crippen molar-refractivity contribution in [3.63, 3.8) is 0 Å². The number of anilines is 1. The first-order valence-corrected chi connectivity index (χ1v) is 10.3. The Bertz CT molecular complexity index is 1020.